The zero-order chi connectivity index (χ0) is 13.2. The fourth-order valence-corrected chi connectivity index (χ4v) is 2.40. The molecule has 0 bridgehead atoms. The van der Waals surface area contributed by atoms with Crippen molar-refractivity contribution in [2.24, 2.45) is 5.73 Å². The van der Waals surface area contributed by atoms with Gasteiger partial charge in [0.15, 0.2) is 0 Å². The van der Waals surface area contributed by atoms with E-state index in [0.717, 1.165) is 16.5 Å². The lowest BCUT2D eigenvalue weighted by atomic mass is 9.97. The number of cyclic esters (lactones) is 1. The first-order valence-corrected chi connectivity index (χ1v) is 6.73. The molecule has 4 nitrogen and oxygen atoms in total. The molecule has 5 heteroatoms. The highest BCUT2D eigenvalue weighted by Crippen LogP contribution is 2.29. The number of benzene rings is 1. The van der Waals surface area contributed by atoms with Crippen LogP contribution < -0.4 is 5.73 Å². The molecule has 98 valence electrons. The molecule has 0 aliphatic carbocycles. The largest absolute Gasteiger partial charge is 0.447 e. The summed E-state index contributed by atoms with van der Waals surface area (Å²) in [5.41, 5.74) is 6.41. The second kappa shape index (κ2) is 5.28. The number of nitrogens with zero attached hydrogens (tertiary/aromatic N) is 1. The van der Waals surface area contributed by atoms with Crippen LogP contribution in [0, 0.1) is 0 Å². The third kappa shape index (κ3) is 2.67. The predicted octanol–water partition coefficient (Wildman–Crippen LogP) is 2.51. The Morgan fingerprint density at radius 1 is 1.44 bits per heavy atom. The Hall–Kier alpha value is -1.07. The molecule has 1 aliphatic rings. The molecule has 0 saturated carbocycles. The van der Waals surface area contributed by atoms with Crippen LogP contribution in [0.25, 0.3) is 0 Å². The third-order valence-corrected chi connectivity index (χ3v) is 3.84. The molecule has 18 heavy (non-hydrogen) atoms. The number of carbonyl (C=O) groups excluding carboxylic acids is 1. The van der Waals surface area contributed by atoms with E-state index in [2.05, 4.69) is 15.9 Å². The van der Waals surface area contributed by atoms with E-state index in [1.807, 2.05) is 31.2 Å². The van der Waals surface area contributed by atoms with Crippen LogP contribution in [-0.2, 0) is 11.3 Å². The number of nitrogens with two attached hydrogens (primary N) is 1. The zero-order valence-electron chi connectivity index (χ0n) is 10.4. The Kier molecular flexibility index (Phi) is 3.92. The second-order valence-corrected chi connectivity index (χ2v) is 5.72. The van der Waals surface area contributed by atoms with Crippen molar-refractivity contribution in [2.45, 2.75) is 25.4 Å². The quantitative estimate of drug-likeness (QED) is 0.929. The smallest absolute Gasteiger partial charge is 0.410 e. The molecular weight excluding hydrogens is 296 g/mol. The molecule has 1 aromatic carbocycles. The molecule has 1 aromatic rings. The first kappa shape index (κ1) is 13.4. The van der Waals surface area contributed by atoms with E-state index in [4.69, 9.17) is 10.5 Å². The van der Waals surface area contributed by atoms with Gasteiger partial charge in [-0.15, -0.1) is 0 Å². The van der Waals surface area contributed by atoms with Crippen molar-refractivity contribution >= 4 is 22.0 Å². The highest BCUT2D eigenvalue weighted by atomic mass is 79.9. The van der Waals surface area contributed by atoms with Crippen LogP contribution in [0.4, 0.5) is 4.79 Å². The number of carbonyl (C=O) groups is 1. The van der Waals surface area contributed by atoms with Gasteiger partial charge in [0.05, 0.1) is 5.54 Å². The molecule has 1 fully saturated rings. The maximum absolute atomic E-state index is 11.8. The summed E-state index contributed by atoms with van der Waals surface area (Å²) in [5, 5.41) is 0. The number of rotatable bonds is 4. The normalized spacial score (nSPS) is 23.3. The Balaban J connectivity index is 2.15. The summed E-state index contributed by atoms with van der Waals surface area (Å²) in [6, 6.07) is 7.94. The van der Waals surface area contributed by atoms with Gasteiger partial charge in [-0.1, -0.05) is 28.1 Å². The summed E-state index contributed by atoms with van der Waals surface area (Å²) >= 11 is 3.40. The van der Waals surface area contributed by atoms with E-state index < -0.39 is 0 Å². The zero-order valence-corrected chi connectivity index (χ0v) is 11.9. The second-order valence-electron chi connectivity index (χ2n) is 4.80. The number of halogens is 1. The standard InChI is InChI=1S/C13H17BrN2O2/c1-13(6-7-15)9-18-12(17)16(13)8-10-2-4-11(14)5-3-10/h2-5H,6-9,15H2,1H3. The fraction of sp³-hybridized carbons (Fsp3) is 0.462. The van der Waals surface area contributed by atoms with Gasteiger partial charge in [0, 0.05) is 11.0 Å². The molecule has 1 saturated heterocycles. The first-order valence-electron chi connectivity index (χ1n) is 5.94. The summed E-state index contributed by atoms with van der Waals surface area (Å²) in [7, 11) is 0. The minimum absolute atomic E-state index is 0.256. The van der Waals surface area contributed by atoms with Gasteiger partial charge in [-0.05, 0) is 37.6 Å². The SMILES string of the molecule is CC1(CCN)COC(=O)N1Cc1ccc(Br)cc1. The fourth-order valence-electron chi connectivity index (χ4n) is 2.14. The molecule has 0 spiro atoms. The molecule has 0 aromatic heterocycles. The van der Waals surface area contributed by atoms with Crippen molar-refractivity contribution in [1.82, 2.24) is 4.90 Å². The molecule has 1 amide bonds. The average molecular weight is 313 g/mol. The molecule has 2 N–H and O–H groups in total. The summed E-state index contributed by atoms with van der Waals surface area (Å²) in [6.07, 6.45) is 0.490. The van der Waals surface area contributed by atoms with Crippen molar-refractivity contribution in [1.29, 1.82) is 0 Å². The van der Waals surface area contributed by atoms with Crippen LogP contribution in [0.1, 0.15) is 18.9 Å². The van der Waals surface area contributed by atoms with Crippen molar-refractivity contribution in [3.05, 3.63) is 34.3 Å². The summed E-state index contributed by atoms with van der Waals surface area (Å²) in [4.78, 5) is 13.6. The minimum Gasteiger partial charge on any atom is -0.447 e. The van der Waals surface area contributed by atoms with E-state index in [-0.39, 0.29) is 11.6 Å². The van der Waals surface area contributed by atoms with Gasteiger partial charge in [0.1, 0.15) is 6.61 Å². The summed E-state index contributed by atoms with van der Waals surface area (Å²) < 4.78 is 6.18. The van der Waals surface area contributed by atoms with E-state index >= 15 is 0 Å². The molecule has 1 atom stereocenters. The number of hydrogen-bond donors (Lipinski definition) is 1. The predicted molar refractivity (Wildman–Crippen MR) is 73.1 cm³/mol. The molecule has 1 heterocycles. The lowest BCUT2D eigenvalue weighted by Gasteiger charge is -2.31. The minimum atomic E-state index is -0.293. The highest BCUT2D eigenvalue weighted by molar-refractivity contribution is 9.10. The summed E-state index contributed by atoms with van der Waals surface area (Å²) in [6.45, 7) is 3.54. The molecule has 1 unspecified atom stereocenters. The van der Waals surface area contributed by atoms with Crippen LogP contribution in [0.2, 0.25) is 0 Å². The van der Waals surface area contributed by atoms with Crippen LogP contribution in [0.5, 0.6) is 0 Å². The Morgan fingerprint density at radius 3 is 2.72 bits per heavy atom. The number of hydrogen-bond acceptors (Lipinski definition) is 3. The Bertz CT molecular complexity index is 435. The van der Waals surface area contributed by atoms with Crippen molar-refractivity contribution < 1.29 is 9.53 Å². The topological polar surface area (TPSA) is 55.6 Å². The summed E-state index contributed by atoms with van der Waals surface area (Å²) in [5.74, 6) is 0. The van der Waals surface area contributed by atoms with Gasteiger partial charge in [-0.3, -0.25) is 4.90 Å². The van der Waals surface area contributed by atoms with Gasteiger partial charge in [0.25, 0.3) is 0 Å². The monoisotopic (exact) mass is 312 g/mol. The number of amides is 1. The van der Waals surface area contributed by atoms with Gasteiger partial charge in [0.2, 0.25) is 0 Å². The average Bonchev–Trinajstić information content (AvgIpc) is 2.61. The lowest BCUT2D eigenvalue weighted by Crippen LogP contribution is -2.45. The van der Waals surface area contributed by atoms with Gasteiger partial charge < -0.3 is 10.5 Å². The molecule has 2 rings (SSSR count). The molecular formula is C13H17BrN2O2. The van der Waals surface area contributed by atoms with E-state index in [9.17, 15) is 4.79 Å². The maximum atomic E-state index is 11.8. The van der Waals surface area contributed by atoms with Gasteiger partial charge >= 0.3 is 6.09 Å². The van der Waals surface area contributed by atoms with Crippen LogP contribution >= 0.6 is 15.9 Å². The van der Waals surface area contributed by atoms with Crippen molar-refractivity contribution in [3.63, 3.8) is 0 Å². The highest BCUT2D eigenvalue weighted by Gasteiger charge is 2.42. The van der Waals surface area contributed by atoms with Crippen molar-refractivity contribution in [2.75, 3.05) is 13.2 Å². The molecule has 1 aliphatic heterocycles. The Labute approximate surface area is 115 Å². The third-order valence-electron chi connectivity index (χ3n) is 3.32. The maximum Gasteiger partial charge on any atom is 0.410 e. The van der Waals surface area contributed by atoms with Crippen LogP contribution in [-0.4, -0.2) is 29.7 Å². The van der Waals surface area contributed by atoms with E-state index in [0.29, 0.717) is 19.7 Å². The first-order chi connectivity index (χ1) is 8.55. The van der Waals surface area contributed by atoms with E-state index in [1.165, 1.54) is 0 Å². The Morgan fingerprint density at radius 2 is 2.11 bits per heavy atom. The van der Waals surface area contributed by atoms with Crippen molar-refractivity contribution in [3.8, 4) is 0 Å². The van der Waals surface area contributed by atoms with E-state index in [1.54, 1.807) is 4.90 Å². The van der Waals surface area contributed by atoms with Crippen LogP contribution in [0.3, 0.4) is 0 Å². The number of ether oxygens (including phenoxy) is 1. The van der Waals surface area contributed by atoms with Crippen LogP contribution in [0.15, 0.2) is 28.7 Å². The van der Waals surface area contributed by atoms with Gasteiger partial charge in [-0.25, -0.2) is 4.79 Å². The lowest BCUT2D eigenvalue weighted by molar-refractivity contribution is 0.148. The molecule has 0 radical (unpaired) electrons. The van der Waals surface area contributed by atoms with Gasteiger partial charge in [-0.2, -0.15) is 0 Å².